The summed E-state index contributed by atoms with van der Waals surface area (Å²) in [6, 6.07) is 9.22. The molecule has 1 aliphatic heterocycles. The Bertz CT molecular complexity index is 397. The van der Waals surface area contributed by atoms with Crippen LogP contribution < -0.4 is 10.1 Å². The average molecular weight is 246 g/mol. The smallest absolute Gasteiger partial charge is 0.119 e. The van der Waals surface area contributed by atoms with Gasteiger partial charge in [0.15, 0.2) is 0 Å². The minimum atomic E-state index is 0.599. The van der Waals surface area contributed by atoms with E-state index < -0.39 is 0 Å². The number of methoxy groups -OCH3 is 1. The predicted octanol–water partition coefficient (Wildman–Crippen LogP) is 2.05. The second-order valence-electron chi connectivity index (χ2n) is 5.34. The molecule has 1 N–H and O–H groups in total. The topological polar surface area (TPSA) is 24.5 Å². The lowest BCUT2D eigenvalue weighted by Gasteiger charge is -2.35. The van der Waals surface area contributed by atoms with Gasteiger partial charge in [-0.15, -0.1) is 0 Å². The number of hydrogen-bond donors (Lipinski definition) is 1. The van der Waals surface area contributed by atoms with Gasteiger partial charge in [0.25, 0.3) is 0 Å². The largest absolute Gasteiger partial charge is 0.497 e. The monoisotopic (exact) mass is 246 g/mol. The summed E-state index contributed by atoms with van der Waals surface area (Å²) in [7, 11) is 1.75. The highest BCUT2D eigenvalue weighted by atomic mass is 16.5. The molecule has 3 heteroatoms. The number of nitrogens with one attached hydrogen (secondary N) is 1. The second-order valence-corrected chi connectivity index (χ2v) is 5.34. The van der Waals surface area contributed by atoms with Gasteiger partial charge in [0, 0.05) is 32.2 Å². The van der Waals surface area contributed by atoms with Gasteiger partial charge in [0.1, 0.15) is 5.75 Å². The van der Waals surface area contributed by atoms with Crippen molar-refractivity contribution < 1.29 is 4.74 Å². The second kappa shape index (κ2) is 5.29. The molecule has 1 aromatic carbocycles. The zero-order valence-electron chi connectivity index (χ0n) is 11.1. The summed E-state index contributed by atoms with van der Waals surface area (Å²) in [6.07, 6.45) is 2.76. The van der Waals surface area contributed by atoms with E-state index in [1.54, 1.807) is 7.11 Å². The Morgan fingerprint density at radius 1 is 1.28 bits per heavy atom. The molecule has 2 aliphatic rings. The Hall–Kier alpha value is -1.06. The van der Waals surface area contributed by atoms with Crippen molar-refractivity contribution in [3.63, 3.8) is 0 Å². The zero-order chi connectivity index (χ0) is 12.4. The minimum absolute atomic E-state index is 0.599. The summed E-state index contributed by atoms with van der Waals surface area (Å²) in [5.74, 6) is 1.84. The lowest BCUT2D eigenvalue weighted by molar-refractivity contribution is 0.156. The standard InChI is InChI=1S/C15H22N2O/c1-18-14-4-2-3-13(11-14)15(12-5-6-12)17-9-7-16-8-10-17/h2-4,11-12,15-16H,5-10H2,1H3/t15-/m0/s1. The van der Waals surface area contributed by atoms with E-state index in [-0.39, 0.29) is 0 Å². The molecule has 1 aromatic rings. The molecular weight excluding hydrogens is 224 g/mol. The van der Waals surface area contributed by atoms with Gasteiger partial charge >= 0.3 is 0 Å². The summed E-state index contributed by atoms with van der Waals surface area (Å²) < 4.78 is 5.36. The van der Waals surface area contributed by atoms with Crippen LogP contribution in [0.25, 0.3) is 0 Å². The molecule has 98 valence electrons. The van der Waals surface area contributed by atoms with Crippen molar-refractivity contribution in [3.05, 3.63) is 29.8 Å². The first-order chi connectivity index (χ1) is 8.88. The van der Waals surface area contributed by atoms with E-state index in [9.17, 15) is 0 Å². The molecule has 0 bridgehead atoms. The van der Waals surface area contributed by atoms with Crippen molar-refractivity contribution in [2.75, 3.05) is 33.3 Å². The Labute approximate surface area is 109 Å². The molecule has 0 unspecified atom stereocenters. The summed E-state index contributed by atoms with van der Waals surface area (Å²) in [6.45, 7) is 4.57. The molecule has 1 saturated heterocycles. The Balaban J connectivity index is 1.83. The van der Waals surface area contributed by atoms with Crippen molar-refractivity contribution in [3.8, 4) is 5.75 Å². The van der Waals surface area contributed by atoms with Crippen LogP contribution in [0.1, 0.15) is 24.4 Å². The third-order valence-electron chi connectivity index (χ3n) is 4.05. The fourth-order valence-electron chi connectivity index (χ4n) is 2.98. The van der Waals surface area contributed by atoms with Crippen LogP contribution in [0.3, 0.4) is 0 Å². The number of rotatable bonds is 4. The first-order valence-electron chi connectivity index (χ1n) is 6.97. The lowest BCUT2D eigenvalue weighted by Crippen LogP contribution is -2.45. The van der Waals surface area contributed by atoms with Crippen LogP contribution in [0.4, 0.5) is 0 Å². The molecule has 3 nitrogen and oxygen atoms in total. The molecule has 1 heterocycles. The summed E-state index contributed by atoms with van der Waals surface area (Å²) in [4.78, 5) is 2.64. The molecule has 0 aromatic heterocycles. The molecule has 1 atom stereocenters. The third kappa shape index (κ3) is 2.52. The van der Waals surface area contributed by atoms with E-state index in [2.05, 4.69) is 28.4 Å². The molecule has 18 heavy (non-hydrogen) atoms. The van der Waals surface area contributed by atoms with E-state index in [1.807, 2.05) is 6.07 Å². The number of ether oxygens (including phenoxy) is 1. The highest BCUT2D eigenvalue weighted by molar-refractivity contribution is 5.31. The Kier molecular flexibility index (Phi) is 3.52. The highest BCUT2D eigenvalue weighted by Crippen LogP contribution is 2.45. The molecule has 3 rings (SSSR count). The molecule has 1 saturated carbocycles. The normalized spacial score (nSPS) is 22.7. The fraction of sp³-hybridized carbons (Fsp3) is 0.600. The van der Waals surface area contributed by atoms with Crippen molar-refractivity contribution in [2.24, 2.45) is 5.92 Å². The molecule has 0 radical (unpaired) electrons. The minimum Gasteiger partial charge on any atom is -0.497 e. The maximum Gasteiger partial charge on any atom is 0.119 e. The van der Waals surface area contributed by atoms with Crippen LogP contribution in [0.15, 0.2) is 24.3 Å². The summed E-state index contributed by atoms with van der Waals surface area (Å²) >= 11 is 0. The fourth-order valence-corrected chi connectivity index (χ4v) is 2.98. The number of hydrogen-bond acceptors (Lipinski definition) is 3. The van der Waals surface area contributed by atoms with Crippen LogP contribution >= 0.6 is 0 Å². The van der Waals surface area contributed by atoms with Crippen molar-refractivity contribution in [2.45, 2.75) is 18.9 Å². The van der Waals surface area contributed by atoms with Crippen LogP contribution in [0.5, 0.6) is 5.75 Å². The number of nitrogens with zero attached hydrogens (tertiary/aromatic N) is 1. The van der Waals surface area contributed by atoms with E-state index >= 15 is 0 Å². The van der Waals surface area contributed by atoms with Crippen LogP contribution in [0.2, 0.25) is 0 Å². The van der Waals surface area contributed by atoms with Crippen LogP contribution in [-0.2, 0) is 0 Å². The Morgan fingerprint density at radius 2 is 2.06 bits per heavy atom. The molecule has 2 fully saturated rings. The third-order valence-corrected chi connectivity index (χ3v) is 4.05. The Morgan fingerprint density at radius 3 is 2.72 bits per heavy atom. The van der Waals surface area contributed by atoms with Gasteiger partial charge in [0.2, 0.25) is 0 Å². The van der Waals surface area contributed by atoms with Gasteiger partial charge in [0.05, 0.1) is 7.11 Å². The van der Waals surface area contributed by atoms with Gasteiger partial charge in [-0.2, -0.15) is 0 Å². The zero-order valence-corrected chi connectivity index (χ0v) is 11.1. The van der Waals surface area contributed by atoms with Crippen molar-refractivity contribution in [1.29, 1.82) is 0 Å². The molecular formula is C15H22N2O. The van der Waals surface area contributed by atoms with Gasteiger partial charge in [-0.1, -0.05) is 12.1 Å². The van der Waals surface area contributed by atoms with Gasteiger partial charge in [-0.05, 0) is 36.5 Å². The molecule has 0 amide bonds. The van der Waals surface area contributed by atoms with E-state index in [0.29, 0.717) is 6.04 Å². The lowest BCUT2D eigenvalue weighted by atomic mass is 9.99. The van der Waals surface area contributed by atoms with Crippen LogP contribution in [-0.4, -0.2) is 38.2 Å². The van der Waals surface area contributed by atoms with E-state index in [0.717, 1.165) is 24.8 Å². The number of benzene rings is 1. The highest BCUT2D eigenvalue weighted by Gasteiger charge is 2.36. The first kappa shape index (κ1) is 12.0. The van der Waals surface area contributed by atoms with Gasteiger partial charge < -0.3 is 10.1 Å². The molecule has 0 spiro atoms. The first-order valence-corrected chi connectivity index (χ1v) is 6.97. The number of piperazine rings is 1. The SMILES string of the molecule is COc1cccc([C@H](C2CC2)N2CCNCC2)c1. The van der Waals surface area contributed by atoms with Crippen molar-refractivity contribution in [1.82, 2.24) is 10.2 Å². The van der Waals surface area contributed by atoms with Gasteiger partial charge in [-0.3, -0.25) is 4.90 Å². The van der Waals surface area contributed by atoms with Crippen molar-refractivity contribution >= 4 is 0 Å². The van der Waals surface area contributed by atoms with E-state index in [4.69, 9.17) is 4.74 Å². The summed E-state index contributed by atoms with van der Waals surface area (Å²) in [5, 5.41) is 3.44. The maximum absolute atomic E-state index is 5.36. The average Bonchev–Trinajstić information content (AvgIpc) is 3.25. The van der Waals surface area contributed by atoms with Gasteiger partial charge in [-0.25, -0.2) is 0 Å². The predicted molar refractivity (Wildman–Crippen MR) is 72.9 cm³/mol. The maximum atomic E-state index is 5.36. The molecule has 1 aliphatic carbocycles. The quantitative estimate of drug-likeness (QED) is 0.880. The van der Waals surface area contributed by atoms with Crippen LogP contribution in [0, 0.1) is 5.92 Å². The van der Waals surface area contributed by atoms with E-state index in [1.165, 1.54) is 31.5 Å². The summed E-state index contributed by atoms with van der Waals surface area (Å²) in [5.41, 5.74) is 1.43.